The molecule has 0 aliphatic carbocycles. The molecule has 0 N–H and O–H groups in total. The van der Waals surface area contributed by atoms with Gasteiger partial charge in [0, 0.05) is 18.5 Å². The van der Waals surface area contributed by atoms with Crippen molar-refractivity contribution in [3.05, 3.63) is 23.9 Å². The summed E-state index contributed by atoms with van der Waals surface area (Å²) < 4.78 is 5.10. The molecule has 0 amide bonds. The number of rotatable bonds is 7. The molecule has 16 heavy (non-hydrogen) atoms. The van der Waals surface area contributed by atoms with Crippen LogP contribution in [0.5, 0.6) is 5.88 Å². The van der Waals surface area contributed by atoms with Crippen molar-refractivity contribution in [3.63, 3.8) is 0 Å². The Labute approximate surface area is 102 Å². The van der Waals surface area contributed by atoms with Gasteiger partial charge in [-0.3, -0.25) is 4.90 Å². The zero-order chi connectivity index (χ0) is 11.8. The van der Waals surface area contributed by atoms with Gasteiger partial charge in [-0.1, -0.05) is 13.0 Å². The Balaban J connectivity index is 2.55. The topological polar surface area (TPSA) is 25.4 Å². The maximum atomic E-state index is 5.69. The fourth-order valence-corrected chi connectivity index (χ4v) is 1.64. The molecule has 0 saturated carbocycles. The van der Waals surface area contributed by atoms with Crippen LogP contribution in [0.4, 0.5) is 0 Å². The molecule has 0 aliphatic rings. The van der Waals surface area contributed by atoms with E-state index >= 15 is 0 Å². The van der Waals surface area contributed by atoms with Crippen molar-refractivity contribution in [1.29, 1.82) is 0 Å². The average molecular weight is 243 g/mol. The lowest BCUT2D eigenvalue weighted by Gasteiger charge is -2.19. The lowest BCUT2D eigenvalue weighted by molar-refractivity contribution is 0.276. The first-order valence-corrected chi connectivity index (χ1v) is 6.11. The van der Waals surface area contributed by atoms with E-state index in [4.69, 9.17) is 16.3 Å². The van der Waals surface area contributed by atoms with Gasteiger partial charge in [0.2, 0.25) is 5.88 Å². The fraction of sp³-hybridized carbons (Fsp3) is 0.583. The molecule has 0 spiro atoms. The van der Waals surface area contributed by atoms with Gasteiger partial charge in [0.1, 0.15) is 0 Å². The minimum atomic E-state index is 0.672. The predicted octanol–water partition coefficient (Wildman–Crippen LogP) is 2.54. The van der Waals surface area contributed by atoms with Crippen LogP contribution >= 0.6 is 11.6 Å². The van der Waals surface area contributed by atoms with Gasteiger partial charge >= 0.3 is 0 Å². The van der Waals surface area contributed by atoms with Crippen LogP contribution in [0.2, 0.25) is 0 Å². The molecule has 1 aromatic rings. The lowest BCUT2D eigenvalue weighted by Crippen LogP contribution is -2.24. The molecular formula is C12H19ClN2O. The molecule has 0 aromatic carbocycles. The number of aromatic nitrogens is 1. The molecule has 1 aromatic heterocycles. The Morgan fingerprint density at radius 1 is 1.44 bits per heavy atom. The summed E-state index contributed by atoms with van der Waals surface area (Å²) in [4.78, 5) is 6.71. The number of methoxy groups -OCH3 is 1. The molecule has 0 radical (unpaired) electrons. The number of pyridine rings is 1. The van der Waals surface area contributed by atoms with Crippen LogP contribution in [0, 0.1) is 0 Å². The van der Waals surface area contributed by atoms with Gasteiger partial charge in [0.05, 0.1) is 12.8 Å². The van der Waals surface area contributed by atoms with Crippen molar-refractivity contribution in [2.24, 2.45) is 0 Å². The summed E-state index contributed by atoms with van der Waals surface area (Å²) in [6.45, 7) is 5.02. The van der Waals surface area contributed by atoms with Crippen LogP contribution in [-0.2, 0) is 6.54 Å². The molecule has 0 atom stereocenters. The molecule has 0 saturated heterocycles. The molecule has 0 bridgehead atoms. The minimum absolute atomic E-state index is 0.672. The highest BCUT2D eigenvalue weighted by atomic mass is 35.5. The molecule has 0 unspecified atom stereocenters. The highest BCUT2D eigenvalue weighted by Gasteiger charge is 2.05. The van der Waals surface area contributed by atoms with Crippen LogP contribution < -0.4 is 4.74 Å². The van der Waals surface area contributed by atoms with Crippen LogP contribution in [0.3, 0.4) is 0 Å². The minimum Gasteiger partial charge on any atom is -0.481 e. The summed E-state index contributed by atoms with van der Waals surface area (Å²) in [5.41, 5.74) is 1.04. The number of nitrogens with zero attached hydrogens (tertiary/aromatic N) is 2. The number of hydrogen-bond donors (Lipinski definition) is 0. The third-order valence-electron chi connectivity index (χ3n) is 2.43. The van der Waals surface area contributed by atoms with E-state index in [1.54, 1.807) is 7.11 Å². The van der Waals surface area contributed by atoms with Crippen LogP contribution in [0.1, 0.15) is 19.0 Å². The summed E-state index contributed by atoms with van der Waals surface area (Å²) in [6.07, 6.45) is 1.01. The average Bonchev–Trinajstić information content (AvgIpc) is 2.34. The second-order valence-corrected chi connectivity index (χ2v) is 3.96. The van der Waals surface area contributed by atoms with Gasteiger partial charge in [0.15, 0.2) is 0 Å². The van der Waals surface area contributed by atoms with Crippen molar-refractivity contribution in [1.82, 2.24) is 9.88 Å². The molecule has 0 aliphatic heterocycles. The van der Waals surface area contributed by atoms with Gasteiger partial charge in [0.25, 0.3) is 0 Å². The second kappa shape index (κ2) is 7.47. The quantitative estimate of drug-likeness (QED) is 0.687. The van der Waals surface area contributed by atoms with Gasteiger partial charge in [-0.25, -0.2) is 4.98 Å². The van der Waals surface area contributed by atoms with Crippen molar-refractivity contribution in [3.8, 4) is 5.88 Å². The largest absolute Gasteiger partial charge is 0.481 e. The Bertz CT molecular complexity index is 307. The highest BCUT2D eigenvalue weighted by Crippen LogP contribution is 2.09. The van der Waals surface area contributed by atoms with E-state index in [1.165, 1.54) is 0 Å². The van der Waals surface area contributed by atoms with Gasteiger partial charge in [-0.15, -0.1) is 11.6 Å². The summed E-state index contributed by atoms with van der Waals surface area (Å²) >= 11 is 5.69. The Morgan fingerprint density at radius 2 is 2.25 bits per heavy atom. The van der Waals surface area contributed by atoms with Gasteiger partial charge in [-0.05, 0) is 25.6 Å². The van der Waals surface area contributed by atoms with Crippen LogP contribution in [0.15, 0.2) is 18.2 Å². The third kappa shape index (κ3) is 4.37. The highest BCUT2D eigenvalue weighted by molar-refractivity contribution is 6.17. The first kappa shape index (κ1) is 13.3. The van der Waals surface area contributed by atoms with E-state index in [0.717, 1.165) is 31.7 Å². The summed E-state index contributed by atoms with van der Waals surface area (Å²) in [7, 11) is 1.64. The van der Waals surface area contributed by atoms with E-state index in [1.807, 2.05) is 18.2 Å². The summed E-state index contributed by atoms with van der Waals surface area (Å²) in [5.74, 6) is 1.38. The first-order chi connectivity index (χ1) is 7.80. The monoisotopic (exact) mass is 242 g/mol. The summed E-state index contributed by atoms with van der Waals surface area (Å²) in [5, 5.41) is 0. The molecule has 3 nitrogen and oxygen atoms in total. The molecular weight excluding hydrogens is 224 g/mol. The van der Waals surface area contributed by atoms with E-state index in [9.17, 15) is 0 Å². The Morgan fingerprint density at radius 3 is 2.88 bits per heavy atom. The molecule has 0 fully saturated rings. The van der Waals surface area contributed by atoms with Crippen LogP contribution in [-0.4, -0.2) is 36.0 Å². The molecule has 90 valence electrons. The van der Waals surface area contributed by atoms with Crippen molar-refractivity contribution < 1.29 is 4.74 Å². The fourth-order valence-electron chi connectivity index (χ4n) is 1.52. The van der Waals surface area contributed by atoms with E-state index in [0.29, 0.717) is 11.8 Å². The third-order valence-corrected chi connectivity index (χ3v) is 2.70. The second-order valence-electron chi connectivity index (χ2n) is 3.58. The SMILES string of the molecule is CCN(CCCCl)Cc1cccc(OC)n1. The number of halogens is 1. The standard InChI is InChI=1S/C12H19ClN2O/c1-3-15(9-5-8-13)10-11-6-4-7-12(14-11)16-2/h4,6-7H,3,5,8-10H2,1-2H3. The van der Waals surface area contributed by atoms with Crippen molar-refractivity contribution in [2.75, 3.05) is 26.1 Å². The Kier molecular flexibility index (Phi) is 6.19. The van der Waals surface area contributed by atoms with Gasteiger partial charge in [-0.2, -0.15) is 0 Å². The number of alkyl halides is 1. The van der Waals surface area contributed by atoms with Gasteiger partial charge < -0.3 is 4.74 Å². The maximum absolute atomic E-state index is 5.69. The zero-order valence-corrected chi connectivity index (χ0v) is 10.7. The maximum Gasteiger partial charge on any atom is 0.213 e. The molecule has 1 rings (SSSR count). The predicted molar refractivity (Wildman–Crippen MR) is 67.1 cm³/mol. The number of ether oxygens (including phenoxy) is 1. The Hall–Kier alpha value is -0.800. The zero-order valence-electron chi connectivity index (χ0n) is 9.95. The van der Waals surface area contributed by atoms with Crippen molar-refractivity contribution >= 4 is 11.6 Å². The van der Waals surface area contributed by atoms with Crippen molar-refractivity contribution in [2.45, 2.75) is 19.9 Å². The van der Waals surface area contributed by atoms with E-state index < -0.39 is 0 Å². The smallest absolute Gasteiger partial charge is 0.213 e. The van der Waals surface area contributed by atoms with E-state index in [-0.39, 0.29) is 0 Å². The molecule has 4 heteroatoms. The van der Waals surface area contributed by atoms with E-state index in [2.05, 4.69) is 16.8 Å². The number of hydrogen-bond acceptors (Lipinski definition) is 3. The molecule has 1 heterocycles. The normalized spacial score (nSPS) is 10.8. The lowest BCUT2D eigenvalue weighted by atomic mass is 10.3. The van der Waals surface area contributed by atoms with Crippen LogP contribution in [0.25, 0.3) is 0 Å². The summed E-state index contributed by atoms with van der Waals surface area (Å²) in [6, 6.07) is 5.85. The first-order valence-electron chi connectivity index (χ1n) is 5.58.